The Balaban J connectivity index is 1.91. The monoisotopic (exact) mass is 328 g/mol. The van der Waals surface area contributed by atoms with E-state index in [-0.39, 0.29) is 17.1 Å². The number of pyridine rings is 2. The normalized spacial score (nSPS) is 21.7. The molecule has 0 saturated heterocycles. The Bertz CT molecular complexity index is 1410. The average Bonchev–Trinajstić information content (AvgIpc) is 3.07. The zero-order chi connectivity index (χ0) is 26.9. The lowest BCUT2D eigenvalue weighted by Crippen LogP contribution is -2.11. The van der Waals surface area contributed by atoms with E-state index in [2.05, 4.69) is 9.97 Å². The second-order valence-electron chi connectivity index (χ2n) is 5.54. The summed E-state index contributed by atoms with van der Waals surface area (Å²) in [6, 6.07) is 10.0. The maximum atomic E-state index is 7.93. The molecule has 0 fully saturated rings. The highest BCUT2D eigenvalue weighted by atomic mass is 16.3. The lowest BCUT2D eigenvalue weighted by Gasteiger charge is -2.19. The van der Waals surface area contributed by atoms with E-state index in [1.165, 1.54) is 18.3 Å². The van der Waals surface area contributed by atoms with Crippen molar-refractivity contribution in [1.29, 1.82) is 0 Å². The highest BCUT2D eigenvalue weighted by molar-refractivity contribution is 6.04. The molecule has 120 valence electrons. The first-order chi connectivity index (χ1) is 16.4. The van der Waals surface area contributed by atoms with Crippen LogP contribution >= 0.6 is 0 Å². The quantitative estimate of drug-likeness (QED) is 0.453. The molecule has 0 atom stereocenters. The molecular formula is C21H20N2O. The van der Waals surface area contributed by atoms with Crippen LogP contribution in [0.15, 0.2) is 53.1 Å². The highest BCUT2D eigenvalue weighted by Gasteiger charge is 2.15. The Morgan fingerprint density at radius 3 is 2.75 bits per heavy atom. The minimum absolute atomic E-state index is 0.115. The van der Waals surface area contributed by atoms with Crippen molar-refractivity contribution >= 4 is 22.1 Å². The number of furan rings is 1. The molecule has 24 heavy (non-hydrogen) atoms. The number of rotatable bonds is 1. The lowest BCUT2D eigenvalue weighted by molar-refractivity contribution is 0.589. The predicted octanol–water partition coefficient (Wildman–Crippen LogP) is 5.65. The van der Waals surface area contributed by atoms with E-state index in [1.807, 2.05) is 0 Å². The number of hydrogen-bond acceptors (Lipinski definition) is 3. The van der Waals surface area contributed by atoms with E-state index in [1.54, 1.807) is 24.3 Å². The van der Waals surface area contributed by atoms with Crippen molar-refractivity contribution in [2.45, 2.75) is 32.8 Å². The molecule has 0 unspecified atom stereocenters. The molecule has 3 nitrogen and oxygen atoms in total. The number of nitrogens with zero attached hydrogens (tertiary/aromatic N) is 2. The second kappa shape index (κ2) is 5.17. The van der Waals surface area contributed by atoms with Gasteiger partial charge in [0.05, 0.1) is 5.69 Å². The Kier molecular flexibility index (Phi) is 1.44. The van der Waals surface area contributed by atoms with E-state index >= 15 is 0 Å². The Morgan fingerprint density at radius 1 is 1.00 bits per heavy atom. The highest BCUT2D eigenvalue weighted by Crippen LogP contribution is 2.32. The molecular weight excluding hydrogens is 296 g/mol. The summed E-state index contributed by atoms with van der Waals surface area (Å²) in [5, 5.41) is 1.09. The van der Waals surface area contributed by atoms with Gasteiger partial charge in [0.1, 0.15) is 5.58 Å². The Labute approximate surface area is 158 Å². The van der Waals surface area contributed by atoms with Crippen molar-refractivity contribution in [2.24, 2.45) is 0 Å². The van der Waals surface area contributed by atoms with Gasteiger partial charge in [0.15, 0.2) is 0 Å². The van der Waals surface area contributed by atoms with E-state index < -0.39 is 38.4 Å². The van der Waals surface area contributed by atoms with Crippen LogP contribution in [0.25, 0.3) is 33.3 Å². The minimum Gasteiger partial charge on any atom is -0.438 e. The number of benzene rings is 1. The fourth-order valence-electron chi connectivity index (χ4n) is 2.64. The summed E-state index contributed by atoms with van der Waals surface area (Å²) in [5.41, 5.74) is -2.58. The van der Waals surface area contributed by atoms with Gasteiger partial charge in [-0.1, -0.05) is 20.6 Å². The van der Waals surface area contributed by atoms with E-state index in [0.29, 0.717) is 21.9 Å². The summed E-state index contributed by atoms with van der Waals surface area (Å²) in [6.45, 7) is -12.6. The molecule has 0 radical (unpaired) electrons. The molecule has 1 aromatic carbocycles. The van der Waals surface area contributed by atoms with Crippen LogP contribution in [-0.4, -0.2) is 9.97 Å². The van der Waals surface area contributed by atoms with Gasteiger partial charge in [0.25, 0.3) is 0 Å². The van der Waals surface area contributed by atoms with Gasteiger partial charge >= 0.3 is 0 Å². The third kappa shape index (κ3) is 2.46. The number of fused-ring (bicyclic) bond motifs is 3. The van der Waals surface area contributed by atoms with Gasteiger partial charge in [-0.3, -0.25) is 4.98 Å². The van der Waals surface area contributed by atoms with Gasteiger partial charge in [-0.15, -0.1) is 0 Å². The maximum Gasteiger partial charge on any atom is 0.227 e. The van der Waals surface area contributed by atoms with Crippen LogP contribution < -0.4 is 0 Å². The van der Waals surface area contributed by atoms with Crippen LogP contribution in [0.5, 0.6) is 0 Å². The van der Waals surface area contributed by atoms with Crippen LogP contribution in [0.3, 0.4) is 0 Å². The third-order valence-corrected chi connectivity index (χ3v) is 3.83. The summed E-state index contributed by atoms with van der Waals surface area (Å²) >= 11 is 0. The average molecular weight is 328 g/mol. The predicted molar refractivity (Wildman–Crippen MR) is 98.2 cm³/mol. The molecule has 4 rings (SSSR count). The first-order valence-corrected chi connectivity index (χ1v) is 7.19. The molecule has 0 N–H and O–H groups in total. The van der Waals surface area contributed by atoms with Gasteiger partial charge in [-0.2, -0.15) is 0 Å². The van der Waals surface area contributed by atoms with Crippen molar-refractivity contribution in [1.82, 2.24) is 9.97 Å². The zero-order valence-corrected chi connectivity index (χ0v) is 12.4. The van der Waals surface area contributed by atoms with Crippen molar-refractivity contribution in [3.05, 3.63) is 59.9 Å². The van der Waals surface area contributed by atoms with Crippen molar-refractivity contribution in [3.63, 3.8) is 0 Å². The number of aryl methyl sites for hydroxylation is 1. The molecule has 0 spiro atoms. The first-order valence-electron chi connectivity index (χ1n) is 13.2. The van der Waals surface area contributed by atoms with Crippen LogP contribution in [-0.2, 0) is 5.41 Å². The third-order valence-electron chi connectivity index (χ3n) is 3.83. The Morgan fingerprint density at radius 2 is 1.92 bits per heavy atom. The smallest absolute Gasteiger partial charge is 0.227 e. The maximum absolute atomic E-state index is 7.93. The second-order valence-corrected chi connectivity index (χ2v) is 5.54. The molecule has 4 aromatic rings. The summed E-state index contributed by atoms with van der Waals surface area (Å²) in [5.74, 6) is 0. The molecule has 3 heteroatoms. The summed E-state index contributed by atoms with van der Waals surface area (Å²) < 4.78 is 99.7. The molecule has 0 aliphatic heterocycles. The van der Waals surface area contributed by atoms with Crippen LogP contribution in [0, 0.1) is 6.85 Å². The summed E-state index contributed by atoms with van der Waals surface area (Å²) in [4.78, 5) is 8.30. The molecule has 0 aliphatic carbocycles. The van der Waals surface area contributed by atoms with Crippen LogP contribution in [0.2, 0.25) is 0 Å². The first kappa shape index (κ1) is 6.67. The van der Waals surface area contributed by atoms with Gasteiger partial charge in [-0.25, -0.2) is 4.98 Å². The molecule has 0 aliphatic rings. The van der Waals surface area contributed by atoms with Gasteiger partial charge in [0.2, 0.25) is 5.71 Å². The molecule has 3 heterocycles. The number of aromatic nitrogens is 2. The molecule has 0 bridgehead atoms. The summed E-state index contributed by atoms with van der Waals surface area (Å²) in [6.07, 6.45) is 1.17. The van der Waals surface area contributed by atoms with Crippen LogP contribution in [0.4, 0.5) is 0 Å². The molecule has 0 saturated carbocycles. The van der Waals surface area contributed by atoms with E-state index in [4.69, 9.17) is 20.9 Å². The van der Waals surface area contributed by atoms with Gasteiger partial charge < -0.3 is 4.42 Å². The molecule has 0 amide bonds. The van der Waals surface area contributed by atoms with E-state index in [0.717, 1.165) is 6.07 Å². The topological polar surface area (TPSA) is 38.9 Å². The summed E-state index contributed by atoms with van der Waals surface area (Å²) in [7, 11) is 0. The van der Waals surface area contributed by atoms with E-state index in [9.17, 15) is 0 Å². The Hall–Kier alpha value is -2.68. The van der Waals surface area contributed by atoms with Crippen LogP contribution in [0.1, 0.15) is 48.3 Å². The lowest BCUT2D eigenvalue weighted by atomic mass is 9.87. The fraction of sp³-hybridized carbons (Fsp3) is 0.238. The minimum atomic E-state index is -3.39. The zero-order valence-electron chi connectivity index (χ0n) is 24.4. The van der Waals surface area contributed by atoms with Gasteiger partial charge in [0, 0.05) is 44.7 Å². The van der Waals surface area contributed by atoms with Crippen molar-refractivity contribution < 1.29 is 20.9 Å². The number of hydrogen-bond donors (Lipinski definition) is 0. The fourth-order valence-corrected chi connectivity index (χ4v) is 2.64. The SMILES string of the molecule is [2H]C([2H])([2H])c1ccc2c(n1)oc1ccc(-c3cc(C(C([2H])([2H])[2H])(C([2H])([2H])[2H])C([2H])([2H])[2H])ccn3)cc12. The largest absolute Gasteiger partial charge is 0.438 e. The van der Waals surface area contributed by atoms with Crippen molar-refractivity contribution in [2.75, 3.05) is 0 Å². The van der Waals surface area contributed by atoms with Crippen molar-refractivity contribution in [3.8, 4) is 11.3 Å². The van der Waals surface area contributed by atoms with Gasteiger partial charge in [-0.05, 0) is 60.3 Å². The standard InChI is InChI=1S/C21H20N2O/c1-13-5-7-16-17-11-14(6-8-19(17)24-20(16)23-13)18-12-15(9-10-22-18)21(2,3)4/h5-12H,1-4H3/i1D3,2D3,3D3,4D3. The molecule has 3 aromatic heterocycles.